The summed E-state index contributed by atoms with van der Waals surface area (Å²) >= 11 is 0. The molecular formula is C22H36N2. The fraction of sp³-hybridized carbons (Fsp3) is 0.727. The van der Waals surface area contributed by atoms with Crippen LogP contribution < -0.4 is 0 Å². The van der Waals surface area contributed by atoms with Crippen molar-refractivity contribution in [3.05, 3.63) is 35.9 Å². The normalized spacial score (nSPS) is 25.9. The second-order valence-electron chi connectivity index (χ2n) is 7.80. The van der Waals surface area contributed by atoms with Gasteiger partial charge in [-0.1, -0.05) is 81.7 Å². The standard InChI is InChI=1S/C22H36N2/c1-2-4-6-11-16-22-23(17-12-7-5-3-1)18-13-19-24(22)20-21-14-9-8-10-15-21/h8-10,14-15,22H,1-7,11-13,16-20H2. The van der Waals surface area contributed by atoms with Crippen LogP contribution in [0.25, 0.3) is 0 Å². The Bertz CT molecular complexity index is 445. The van der Waals surface area contributed by atoms with Crippen molar-refractivity contribution in [2.24, 2.45) is 0 Å². The zero-order valence-electron chi connectivity index (χ0n) is 15.5. The van der Waals surface area contributed by atoms with E-state index in [0.29, 0.717) is 6.17 Å². The fourth-order valence-corrected chi connectivity index (χ4v) is 4.51. The molecule has 2 nitrogen and oxygen atoms in total. The average molecular weight is 329 g/mol. The summed E-state index contributed by atoms with van der Waals surface area (Å²) in [7, 11) is 0. The summed E-state index contributed by atoms with van der Waals surface area (Å²) in [4.78, 5) is 5.57. The first-order chi connectivity index (χ1) is 11.9. The third kappa shape index (κ3) is 5.60. The van der Waals surface area contributed by atoms with Gasteiger partial charge in [-0.15, -0.1) is 0 Å². The van der Waals surface area contributed by atoms with E-state index in [4.69, 9.17) is 0 Å². The van der Waals surface area contributed by atoms with Crippen LogP contribution in [-0.4, -0.2) is 35.6 Å². The predicted octanol–water partition coefficient (Wildman–Crippen LogP) is 5.44. The van der Waals surface area contributed by atoms with Crippen LogP contribution in [0.2, 0.25) is 0 Å². The Morgan fingerprint density at radius 3 is 2.04 bits per heavy atom. The Morgan fingerprint density at radius 2 is 1.29 bits per heavy atom. The summed E-state index contributed by atoms with van der Waals surface area (Å²) in [5, 5.41) is 0. The van der Waals surface area contributed by atoms with Crippen LogP contribution in [-0.2, 0) is 6.54 Å². The Hall–Kier alpha value is -0.860. The number of hydrogen-bond acceptors (Lipinski definition) is 2. The van der Waals surface area contributed by atoms with Crippen LogP contribution in [0.15, 0.2) is 30.3 Å². The van der Waals surface area contributed by atoms with Crippen LogP contribution in [0.4, 0.5) is 0 Å². The van der Waals surface area contributed by atoms with Crippen LogP contribution in [0.5, 0.6) is 0 Å². The predicted molar refractivity (Wildman–Crippen MR) is 103 cm³/mol. The van der Waals surface area contributed by atoms with Crippen LogP contribution in [0, 0.1) is 0 Å². The molecule has 0 bridgehead atoms. The lowest BCUT2D eigenvalue weighted by molar-refractivity contribution is -0.00888. The molecule has 3 rings (SSSR count). The van der Waals surface area contributed by atoms with E-state index in [-0.39, 0.29) is 0 Å². The van der Waals surface area contributed by atoms with Crippen molar-refractivity contribution in [3.8, 4) is 0 Å². The molecule has 134 valence electrons. The van der Waals surface area contributed by atoms with Crippen molar-refractivity contribution >= 4 is 0 Å². The molecule has 0 aliphatic carbocycles. The third-order valence-corrected chi connectivity index (χ3v) is 5.87. The van der Waals surface area contributed by atoms with E-state index in [1.54, 1.807) is 0 Å². The second-order valence-corrected chi connectivity index (χ2v) is 7.80. The molecule has 0 N–H and O–H groups in total. The van der Waals surface area contributed by atoms with Gasteiger partial charge in [-0.2, -0.15) is 0 Å². The minimum absolute atomic E-state index is 0.680. The van der Waals surface area contributed by atoms with Gasteiger partial charge in [-0.3, -0.25) is 9.80 Å². The van der Waals surface area contributed by atoms with E-state index in [0.717, 1.165) is 6.54 Å². The van der Waals surface area contributed by atoms with E-state index in [9.17, 15) is 0 Å². The average Bonchev–Trinajstić information content (AvgIpc) is 2.64. The summed E-state index contributed by atoms with van der Waals surface area (Å²) in [5.74, 6) is 0. The van der Waals surface area contributed by atoms with Gasteiger partial charge in [-0.25, -0.2) is 0 Å². The molecule has 2 fully saturated rings. The first kappa shape index (κ1) is 17.9. The molecule has 2 aliphatic heterocycles. The molecule has 1 atom stereocenters. The number of hydrogen-bond donors (Lipinski definition) is 0. The molecule has 24 heavy (non-hydrogen) atoms. The molecule has 2 aliphatic rings. The smallest absolute Gasteiger partial charge is 0.0625 e. The number of rotatable bonds is 2. The fourth-order valence-electron chi connectivity index (χ4n) is 4.51. The third-order valence-electron chi connectivity index (χ3n) is 5.87. The summed E-state index contributed by atoms with van der Waals surface area (Å²) < 4.78 is 0. The lowest BCUT2D eigenvalue weighted by atomic mass is 10.0. The first-order valence-electron chi connectivity index (χ1n) is 10.5. The summed E-state index contributed by atoms with van der Waals surface area (Å²) in [5.41, 5.74) is 1.47. The maximum absolute atomic E-state index is 2.81. The largest absolute Gasteiger partial charge is 0.288 e. The molecular weight excluding hydrogens is 292 g/mol. The maximum atomic E-state index is 2.81. The Balaban J connectivity index is 1.63. The molecule has 2 saturated heterocycles. The zero-order chi connectivity index (χ0) is 16.5. The van der Waals surface area contributed by atoms with Gasteiger partial charge in [0.05, 0.1) is 6.17 Å². The number of benzene rings is 1. The highest BCUT2D eigenvalue weighted by molar-refractivity contribution is 5.14. The Morgan fingerprint density at radius 1 is 0.667 bits per heavy atom. The van der Waals surface area contributed by atoms with Gasteiger partial charge in [0.15, 0.2) is 0 Å². The van der Waals surface area contributed by atoms with Crippen molar-refractivity contribution in [1.29, 1.82) is 0 Å². The highest BCUT2D eigenvalue weighted by Crippen LogP contribution is 2.24. The van der Waals surface area contributed by atoms with Crippen molar-refractivity contribution in [2.75, 3.05) is 19.6 Å². The summed E-state index contributed by atoms with van der Waals surface area (Å²) in [6, 6.07) is 11.1. The van der Waals surface area contributed by atoms with Crippen molar-refractivity contribution in [3.63, 3.8) is 0 Å². The quantitative estimate of drug-likeness (QED) is 0.713. The van der Waals surface area contributed by atoms with Gasteiger partial charge in [0, 0.05) is 19.6 Å². The van der Waals surface area contributed by atoms with E-state index >= 15 is 0 Å². The molecule has 1 aromatic rings. The van der Waals surface area contributed by atoms with Crippen molar-refractivity contribution < 1.29 is 0 Å². The monoisotopic (exact) mass is 328 g/mol. The van der Waals surface area contributed by atoms with Gasteiger partial charge in [0.25, 0.3) is 0 Å². The van der Waals surface area contributed by atoms with Crippen LogP contribution in [0.1, 0.15) is 76.2 Å². The van der Waals surface area contributed by atoms with Gasteiger partial charge in [0.2, 0.25) is 0 Å². The first-order valence-corrected chi connectivity index (χ1v) is 10.5. The lowest BCUT2D eigenvalue weighted by Crippen LogP contribution is -2.53. The van der Waals surface area contributed by atoms with E-state index in [1.807, 2.05) is 0 Å². The molecule has 0 spiro atoms. The summed E-state index contributed by atoms with van der Waals surface area (Å²) in [6.07, 6.45) is 16.3. The molecule has 2 heterocycles. The molecule has 2 heteroatoms. The van der Waals surface area contributed by atoms with Gasteiger partial charge >= 0.3 is 0 Å². The lowest BCUT2D eigenvalue weighted by Gasteiger charge is -2.44. The Kier molecular flexibility index (Phi) is 7.63. The van der Waals surface area contributed by atoms with Gasteiger partial charge in [0.1, 0.15) is 0 Å². The molecule has 1 unspecified atom stereocenters. The molecule has 0 amide bonds. The van der Waals surface area contributed by atoms with E-state index in [2.05, 4.69) is 40.1 Å². The maximum Gasteiger partial charge on any atom is 0.0625 e. The highest BCUT2D eigenvalue weighted by Gasteiger charge is 2.28. The van der Waals surface area contributed by atoms with Crippen LogP contribution >= 0.6 is 0 Å². The minimum atomic E-state index is 0.680. The Labute approximate surface area is 149 Å². The summed E-state index contributed by atoms with van der Waals surface area (Å²) in [6.45, 7) is 5.03. The van der Waals surface area contributed by atoms with Crippen LogP contribution in [0.3, 0.4) is 0 Å². The van der Waals surface area contributed by atoms with E-state index < -0.39 is 0 Å². The van der Waals surface area contributed by atoms with Gasteiger partial charge < -0.3 is 0 Å². The SMILES string of the molecule is c1ccc(CN2CCCN3CCCCCCCCCCCC32)cc1. The second kappa shape index (κ2) is 10.2. The number of fused-ring (bicyclic) bond motifs is 1. The zero-order valence-corrected chi connectivity index (χ0v) is 15.5. The molecule has 1 aromatic carbocycles. The molecule has 0 saturated carbocycles. The topological polar surface area (TPSA) is 6.48 Å². The highest BCUT2D eigenvalue weighted by atomic mass is 15.4. The van der Waals surface area contributed by atoms with E-state index in [1.165, 1.54) is 95.8 Å². The number of nitrogens with zero attached hydrogens (tertiary/aromatic N) is 2. The molecule has 0 aromatic heterocycles. The van der Waals surface area contributed by atoms with Crippen molar-refractivity contribution in [1.82, 2.24) is 9.80 Å². The van der Waals surface area contributed by atoms with Crippen molar-refractivity contribution in [2.45, 2.75) is 83.3 Å². The minimum Gasteiger partial charge on any atom is -0.288 e. The van der Waals surface area contributed by atoms with Gasteiger partial charge in [-0.05, 0) is 31.4 Å². The molecule has 0 radical (unpaired) electrons.